The summed E-state index contributed by atoms with van der Waals surface area (Å²) in [5, 5.41) is 7.49. The van der Waals surface area contributed by atoms with E-state index in [1.165, 1.54) is 7.11 Å². The number of hydrogen-bond acceptors (Lipinski definition) is 5. The van der Waals surface area contributed by atoms with Crippen LogP contribution in [0.1, 0.15) is 32.9 Å². The third-order valence-corrected chi connectivity index (χ3v) is 2.98. The van der Waals surface area contributed by atoms with Crippen LogP contribution in [0.3, 0.4) is 0 Å². The topological polar surface area (TPSA) is 82.2 Å². The molecule has 1 heterocycles. The normalized spacial score (nSPS) is 12.5. The third-order valence-electron chi connectivity index (χ3n) is 2.98. The number of hydrogen-bond donors (Lipinski definition) is 2. The fourth-order valence-corrected chi connectivity index (χ4v) is 1.97. The van der Waals surface area contributed by atoms with Crippen LogP contribution in [0, 0.1) is 12.8 Å². The van der Waals surface area contributed by atoms with Crippen molar-refractivity contribution in [3.05, 3.63) is 5.69 Å². The summed E-state index contributed by atoms with van der Waals surface area (Å²) in [6, 6.07) is -0.409. The van der Waals surface area contributed by atoms with Gasteiger partial charge in [0.25, 0.3) is 0 Å². The van der Waals surface area contributed by atoms with Gasteiger partial charge in [0.05, 0.1) is 18.5 Å². The maximum Gasteiger partial charge on any atom is 0.328 e. The Labute approximate surface area is 114 Å². The molecule has 1 unspecified atom stereocenters. The van der Waals surface area contributed by atoms with Gasteiger partial charge in [-0.1, -0.05) is 13.8 Å². The molecule has 0 amide bonds. The zero-order valence-corrected chi connectivity index (χ0v) is 12.4. The van der Waals surface area contributed by atoms with E-state index in [-0.39, 0.29) is 5.97 Å². The summed E-state index contributed by atoms with van der Waals surface area (Å²) < 4.78 is 6.60. The first-order valence-electron chi connectivity index (χ1n) is 6.57. The smallest absolute Gasteiger partial charge is 0.328 e. The second-order valence-corrected chi connectivity index (χ2v) is 5.01. The summed E-state index contributed by atoms with van der Waals surface area (Å²) in [5.74, 6) is 0.780. The fourth-order valence-electron chi connectivity index (χ4n) is 1.97. The second-order valence-electron chi connectivity index (χ2n) is 5.01. The average molecular weight is 268 g/mol. The Morgan fingerprint density at radius 3 is 2.63 bits per heavy atom. The molecule has 6 heteroatoms. The van der Waals surface area contributed by atoms with E-state index in [4.69, 9.17) is 10.5 Å². The Bertz CT molecular complexity index is 440. The van der Waals surface area contributed by atoms with E-state index in [9.17, 15) is 4.79 Å². The molecule has 0 aliphatic carbocycles. The molecule has 0 spiro atoms. The molecule has 0 aliphatic rings. The molecule has 1 rings (SSSR count). The highest BCUT2D eigenvalue weighted by Gasteiger charge is 2.23. The predicted molar refractivity (Wildman–Crippen MR) is 75.9 cm³/mol. The van der Waals surface area contributed by atoms with Crippen LogP contribution in [-0.2, 0) is 16.1 Å². The van der Waals surface area contributed by atoms with E-state index in [1.807, 2.05) is 13.8 Å². The molecule has 0 aromatic carbocycles. The van der Waals surface area contributed by atoms with Crippen molar-refractivity contribution in [1.82, 2.24) is 9.78 Å². The fraction of sp³-hybridized carbons (Fsp3) is 0.692. The number of esters is 1. The van der Waals surface area contributed by atoms with Crippen molar-refractivity contribution < 1.29 is 9.53 Å². The van der Waals surface area contributed by atoms with Crippen LogP contribution >= 0.6 is 0 Å². The Morgan fingerprint density at radius 2 is 2.16 bits per heavy atom. The van der Waals surface area contributed by atoms with Crippen molar-refractivity contribution in [3.63, 3.8) is 0 Å². The average Bonchev–Trinajstić information content (AvgIpc) is 2.64. The molecule has 19 heavy (non-hydrogen) atoms. The monoisotopic (exact) mass is 268 g/mol. The van der Waals surface area contributed by atoms with E-state index in [0.717, 1.165) is 5.69 Å². The molecule has 0 radical (unpaired) electrons. The number of carbonyl (C=O) groups excluding carboxylic acids is 1. The summed E-state index contributed by atoms with van der Waals surface area (Å²) in [6.07, 6.45) is 0.681. The molecular formula is C13H24N4O2. The lowest BCUT2D eigenvalue weighted by Crippen LogP contribution is -2.33. The summed E-state index contributed by atoms with van der Waals surface area (Å²) in [4.78, 5) is 11.8. The van der Waals surface area contributed by atoms with Crippen molar-refractivity contribution in [2.75, 3.05) is 18.2 Å². The molecule has 108 valence electrons. The largest absolute Gasteiger partial charge is 0.467 e. The first-order chi connectivity index (χ1) is 8.90. The number of methoxy groups -OCH3 is 1. The molecule has 1 aromatic heterocycles. The van der Waals surface area contributed by atoms with Crippen LogP contribution < -0.4 is 11.1 Å². The number of carbonyl (C=O) groups is 1. The molecule has 0 saturated heterocycles. The van der Waals surface area contributed by atoms with Gasteiger partial charge >= 0.3 is 5.97 Å². The van der Waals surface area contributed by atoms with Crippen molar-refractivity contribution >= 4 is 17.5 Å². The quantitative estimate of drug-likeness (QED) is 0.769. The molecule has 0 fully saturated rings. The van der Waals surface area contributed by atoms with Crippen LogP contribution in [0.25, 0.3) is 0 Å². The van der Waals surface area contributed by atoms with Crippen LogP contribution in [0.2, 0.25) is 0 Å². The molecule has 0 saturated carbocycles. The molecular weight excluding hydrogens is 244 g/mol. The van der Waals surface area contributed by atoms with Crippen molar-refractivity contribution in [2.45, 2.75) is 46.7 Å². The van der Waals surface area contributed by atoms with Gasteiger partial charge in [-0.3, -0.25) is 0 Å². The van der Waals surface area contributed by atoms with Crippen LogP contribution in [0.5, 0.6) is 0 Å². The zero-order chi connectivity index (χ0) is 14.6. The lowest BCUT2D eigenvalue weighted by molar-refractivity contribution is -0.141. The minimum absolute atomic E-state index is 0.283. The van der Waals surface area contributed by atoms with Crippen LogP contribution in [-0.4, -0.2) is 28.9 Å². The highest BCUT2D eigenvalue weighted by molar-refractivity contribution is 5.80. The second kappa shape index (κ2) is 6.45. The Morgan fingerprint density at radius 1 is 1.53 bits per heavy atom. The maximum absolute atomic E-state index is 11.8. The van der Waals surface area contributed by atoms with E-state index in [0.29, 0.717) is 30.4 Å². The minimum atomic E-state index is -0.409. The number of nitrogen functional groups attached to an aromatic ring is 1. The van der Waals surface area contributed by atoms with E-state index >= 15 is 0 Å². The number of aromatic nitrogens is 2. The van der Waals surface area contributed by atoms with Gasteiger partial charge < -0.3 is 15.8 Å². The number of anilines is 2. The lowest BCUT2D eigenvalue weighted by atomic mass is 10.0. The number of aryl methyl sites for hydroxylation is 2. The van der Waals surface area contributed by atoms with Crippen LogP contribution in [0.15, 0.2) is 0 Å². The molecule has 1 aromatic rings. The van der Waals surface area contributed by atoms with Gasteiger partial charge in [0.2, 0.25) is 0 Å². The van der Waals surface area contributed by atoms with Gasteiger partial charge in [-0.2, -0.15) is 5.10 Å². The van der Waals surface area contributed by atoms with Gasteiger partial charge in [0, 0.05) is 6.54 Å². The number of nitrogens with zero attached hydrogens (tertiary/aromatic N) is 2. The highest BCUT2D eigenvalue weighted by atomic mass is 16.5. The van der Waals surface area contributed by atoms with Crippen molar-refractivity contribution in [1.29, 1.82) is 0 Å². The third kappa shape index (κ3) is 3.62. The number of nitrogens with one attached hydrogen (secondary N) is 1. The first kappa shape index (κ1) is 15.3. The number of rotatable bonds is 6. The Hall–Kier alpha value is -1.72. The van der Waals surface area contributed by atoms with Gasteiger partial charge in [-0.25, -0.2) is 9.48 Å². The molecule has 1 atom stereocenters. The minimum Gasteiger partial charge on any atom is -0.467 e. The van der Waals surface area contributed by atoms with Crippen molar-refractivity contribution in [3.8, 4) is 0 Å². The summed E-state index contributed by atoms with van der Waals surface area (Å²) in [7, 11) is 1.39. The highest BCUT2D eigenvalue weighted by Crippen LogP contribution is 2.24. The zero-order valence-electron chi connectivity index (χ0n) is 12.4. The van der Waals surface area contributed by atoms with Crippen molar-refractivity contribution in [2.24, 2.45) is 5.92 Å². The van der Waals surface area contributed by atoms with Gasteiger partial charge in [0.1, 0.15) is 11.9 Å². The molecule has 0 bridgehead atoms. The molecule has 0 aliphatic heterocycles. The van der Waals surface area contributed by atoms with E-state index < -0.39 is 6.04 Å². The lowest BCUT2D eigenvalue weighted by Gasteiger charge is -2.20. The summed E-state index contributed by atoms with van der Waals surface area (Å²) in [6.45, 7) is 8.64. The Balaban J connectivity index is 2.98. The number of ether oxygens (including phenoxy) is 1. The standard InChI is InChI=1S/C13H24N4O2/c1-6-17-12(11(14)9(4)16-17)15-10(7-8(2)3)13(18)19-5/h8,10,15H,6-7,14H2,1-5H3. The van der Waals surface area contributed by atoms with Gasteiger partial charge in [0.15, 0.2) is 0 Å². The van der Waals surface area contributed by atoms with Crippen LogP contribution in [0.4, 0.5) is 11.5 Å². The van der Waals surface area contributed by atoms with Gasteiger partial charge in [-0.05, 0) is 26.2 Å². The first-order valence-corrected chi connectivity index (χ1v) is 6.57. The SMILES string of the molecule is CCn1nc(C)c(N)c1NC(CC(C)C)C(=O)OC. The Kier molecular flexibility index (Phi) is 5.20. The predicted octanol–water partition coefficient (Wildman–Crippen LogP) is 1.79. The van der Waals surface area contributed by atoms with E-state index in [2.05, 4.69) is 24.3 Å². The molecule has 6 nitrogen and oxygen atoms in total. The summed E-state index contributed by atoms with van der Waals surface area (Å²) >= 11 is 0. The van der Waals surface area contributed by atoms with Gasteiger partial charge in [-0.15, -0.1) is 0 Å². The maximum atomic E-state index is 11.8. The van der Waals surface area contributed by atoms with E-state index in [1.54, 1.807) is 4.68 Å². The molecule has 3 N–H and O–H groups in total. The number of nitrogens with two attached hydrogens (primary N) is 1. The summed E-state index contributed by atoms with van der Waals surface area (Å²) in [5.41, 5.74) is 7.35.